The molecule has 96 valence electrons. The quantitative estimate of drug-likeness (QED) is 0.742. The highest BCUT2D eigenvalue weighted by Gasteiger charge is 2.05. The second-order valence-corrected chi connectivity index (χ2v) is 5.06. The Morgan fingerprint density at radius 3 is 2.47 bits per heavy atom. The molecule has 1 aromatic heterocycles. The molecule has 0 saturated carbocycles. The number of nitrogens with one attached hydrogen (secondary N) is 1. The monoisotopic (exact) mass is 270 g/mol. The maximum Gasteiger partial charge on any atom is 0.0463 e. The summed E-state index contributed by atoms with van der Waals surface area (Å²) < 4.78 is 0. The highest BCUT2D eigenvalue weighted by atomic mass is 35.5. The average molecular weight is 271 g/mol. The van der Waals surface area contributed by atoms with Crippen molar-refractivity contribution < 1.29 is 0 Å². The Balaban J connectivity index is 2.04. The lowest BCUT2D eigenvalue weighted by molar-refractivity contribution is 0.976. The van der Waals surface area contributed by atoms with E-state index in [-0.39, 0.29) is 0 Å². The molecule has 0 atom stereocenters. The minimum absolute atomic E-state index is 0.673. The molecule has 3 aromatic rings. The zero-order chi connectivity index (χ0) is 13.2. The summed E-state index contributed by atoms with van der Waals surface area (Å²) in [5, 5.41) is 2.01. The van der Waals surface area contributed by atoms with Gasteiger partial charge in [-0.1, -0.05) is 35.9 Å². The molecule has 3 N–H and O–H groups in total. The van der Waals surface area contributed by atoms with E-state index in [0.717, 1.165) is 17.0 Å². The summed E-state index contributed by atoms with van der Waals surface area (Å²) in [5.74, 6) is 0. The molecule has 19 heavy (non-hydrogen) atoms. The van der Waals surface area contributed by atoms with Gasteiger partial charge in [0, 0.05) is 22.1 Å². The number of hydrogen-bond donors (Lipinski definition) is 2. The van der Waals surface area contributed by atoms with E-state index in [1.165, 1.54) is 22.1 Å². The smallest absolute Gasteiger partial charge is 0.0463 e. The molecule has 0 aliphatic heterocycles. The van der Waals surface area contributed by atoms with E-state index in [1.54, 1.807) is 0 Å². The minimum Gasteiger partial charge on any atom is -0.361 e. The molecule has 2 aromatic carbocycles. The molecule has 1 heterocycles. The van der Waals surface area contributed by atoms with E-state index in [1.807, 2.05) is 30.5 Å². The van der Waals surface area contributed by atoms with Gasteiger partial charge in [-0.15, -0.1) is 0 Å². The number of rotatable bonds is 3. The first-order chi connectivity index (χ1) is 9.28. The van der Waals surface area contributed by atoms with Crippen molar-refractivity contribution in [1.29, 1.82) is 0 Å². The molecule has 0 aliphatic carbocycles. The zero-order valence-corrected chi connectivity index (χ0v) is 11.2. The van der Waals surface area contributed by atoms with E-state index in [0.29, 0.717) is 6.54 Å². The number of aromatic nitrogens is 1. The Labute approximate surface area is 117 Å². The number of nitrogens with two attached hydrogens (primary N) is 1. The first-order valence-corrected chi connectivity index (χ1v) is 6.72. The molecular formula is C16H15ClN2. The van der Waals surface area contributed by atoms with Crippen molar-refractivity contribution in [3.05, 3.63) is 59.2 Å². The Kier molecular flexibility index (Phi) is 3.28. The van der Waals surface area contributed by atoms with Crippen LogP contribution >= 0.6 is 11.6 Å². The van der Waals surface area contributed by atoms with Crippen molar-refractivity contribution in [3.63, 3.8) is 0 Å². The van der Waals surface area contributed by atoms with E-state index < -0.39 is 0 Å². The fraction of sp³-hybridized carbons (Fsp3) is 0.125. The first kappa shape index (κ1) is 12.3. The largest absolute Gasteiger partial charge is 0.361 e. The van der Waals surface area contributed by atoms with Crippen LogP contribution in [0.2, 0.25) is 5.02 Å². The molecule has 2 nitrogen and oxygen atoms in total. The number of halogens is 1. The summed E-state index contributed by atoms with van der Waals surface area (Å²) in [7, 11) is 0. The third-order valence-corrected chi connectivity index (χ3v) is 3.61. The van der Waals surface area contributed by atoms with Gasteiger partial charge < -0.3 is 10.7 Å². The number of fused-ring (bicyclic) bond motifs is 1. The molecule has 0 radical (unpaired) electrons. The summed E-state index contributed by atoms with van der Waals surface area (Å²) in [5.41, 5.74) is 10.4. The molecule has 0 amide bonds. The Morgan fingerprint density at radius 1 is 1.00 bits per heavy atom. The highest BCUT2D eigenvalue weighted by molar-refractivity contribution is 6.30. The van der Waals surface area contributed by atoms with Crippen LogP contribution < -0.4 is 5.73 Å². The average Bonchev–Trinajstić information content (AvgIpc) is 2.83. The van der Waals surface area contributed by atoms with Crippen LogP contribution in [0.1, 0.15) is 5.56 Å². The molecule has 0 aliphatic rings. The van der Waals surface area contributed by atoms with Crippen LogP contribution in [0.5, 0.6) is 0 Å². The Morgan fingerprint density at radius 2 is 1.74 bits per heavy atom. The molecule has 0 fully saturated rings. The molecule has 0 bridgehead atoms. The molecule has 3 rings (SSSR count). The fourth-order valence-electron chi connectivity index (χ4n) is 2.37. The molecule has 0 spiro atoms. The Bertz CT molecular complexity index is 698. The van der Waals surface area contributed by atoms with Crippen LogP contribution in [0.25, 0.3) is 22.0 Å². The lowest BCUT2D eigenvalue weighted by atomic mass is 10.0. The number of hydrogen-bond acceptors (Lipinski definition) is 1. The topological polar surface area (TPSA) is 41.8 Å². The molecular weight excluding hydrogens is 256 g/mol. The van der Waals surface area contributed by atoms with Crippen LogP contribution in [0.15, 0.2) is 48.7 Å². The Hall–Kier alpha value is -1.77. The second kappa shape index (κ2) is 5.08. The van der Waals surface area contributed by atoms with Gasteiger partial charge in [0.05, 0.1) is 0 Å². The SMILES string of the molecule is NCCc1c[nH]c2cc(-c3ccc(Cl)cc3)ccc12. The predicted octanol–water partition coefficient (Wildman–Crippen LogP) is 3.99. The first-order valence-electron chi connectivity index (χ1n) is 6.34. The molecule has 3 heteroatoms. The molecule has 0 unspecified atom stereocenters. The standard InChI is InChI=1S/C16H15ClN2/c17-14-4-1-11(2-5-14)12-3-6-15-13(7-8-18)10-19-16(15)9-12/h1-6,9-10,19H,7-8,18H2. The van der Waals surface area contributed by atoms with E-state index in [9.17, 15) is 0 Å². The zero-order valence-electron chi connectivity index (χ0n) is 10.5. The highest BCUT2D eigenvalue weighted by Crippen LogP contribution is 2.27. The number of H-pyrrole nitrogens is 1. The third-order valence-electron chi connectivity index (χ3n) is 3.36. The lowest BCUT2D eigenvalue weighted by Crippen LogP contribution is -2.01. The second-order valence-electron chi connectivity index (χ2n) is 4.62. The van der Waals surface area contributed by atoms with Crippen molar-refractivity contribution in [2.24, 2.45) is 5.73 Å². The van der Waals surface area contributed by atoms with Crippen LogP contribution in [0, 0.1) is 0 Å². The van der Waals surface area contributed by atoms with Gasteiger partial charge in [0.25, 0.3) is 0 Å². The van der Waals surface area contributed by atoms with Crippen molar-refractivity contribution >= 4 is 22.5 Å². The molecule has 0 saturated heterocycles. The van der Waals surface area contributed by atoms with Gasteiger partial charge in [-0.25, -0.2) is 0 Å². The van der Waals surface area contributed by atoms with Gasteiger partial charge in [-0.05, 0) is 47.9 Å². The van der Waals surface area contributed by atoms with Crippen molar-refractivity contribution in [2.75, 3.05) is 6.54 Å². The van der Waals surface area contributed by atoms with Crippen molar-refractivity contribution in [2.45, 2.75) is 6.42 Å². The van der Waals surface area contributed by atoms with E-state index >= 15 is 0 Å². The maximum absolute atomic E-state index is 5.91. The maximum atomic E-state index is 5.91. The van der Waals surface area contributed by atoms with Gasteiger partial charge in [0.2, 0.25) is 0 Å². The third kappa shape index (κ3) is 2.37. The van der Waals surface area contributed by atoms with Gasteiger partial charge >= 0.3 is 0 Å². The summed E-state index contributed by atoms with van der Waals surface area (Å²) in [4.78, 5) is 3.31. The van der Waals surface area contributed by atoms with Crippen LogP contribution in [-0.4, -0.2) is 11.5 Å². The van der Waals surface area contributed by atoms with Crippen molar-refractivity contribution in [1.82, 2.24) is 4.98 Å². The van der Waals surface area contributed by atoms with E-state index in [2.05, 4.69) is 23.2 Å². The van der Waals surface area contributed by atoms with Crippen LogP contribution in [-0.2, 0) is 6.42 Å². The summed E-state index contributed by atoms with van der Waals surface area (Å²) in [6, 6.07) is 14.4. The predicted molar refractivity (Wildman–Crippen MR) is 81.5 cm³/mol. The van der Waals surface area contributed by atoms with Crippen LogP contribution in [0.3, 0.4) is 0 Å². The summed E-state index contributed by atoms with van der Waals surface area (Å²) in [6.07, 6.45) is 2.95. The summed E-state index contributed by atoms with van der Waals surface area (Å²) in [6.45, 7) is 0.673. The van der Waals surface area contributed by atoms with E-state index in [4.69, 9.17) is 17.3 Å². The lowest BCUT2D eigenvalue weighted by Gasteiger charge is -2.03. The summed E-state index contributed by atoms with van der Waals surface area (Å²) >= 11 is 5.91. The minimum atomic E-state index is 0.673. The van der Waals surface area contributed by atoms with Crippen LogP contribution in [0.4, 0.5) is 0 Å². The van der Waals surface area contributed by atoms with Gasteiger partial charge in [-0.3, -0.25) is 0 Å². The number of aromatic amines is 1. The van der Waals surface area contributed by atoms with Gasteiger partial charge in [-0.2, -0.15) is 0 Å². The number of benzene rings is 2. The van der Waals surface area contributed by atoms with Gasteiger partial charge in [0.15, 0.2) is 0 Å². The van der Waals surface area contributed by atoms with Gasteiger partial charge in [0.1, 0.15) is 0 Å². The fourth-order valence-corrected chi connectivity index (χ4v) is 2.50. The normalized spacial score (nSPS) is 11.1. The van der Waals surface area contributed by atoms with Crippen molar-refractivity contribution in [3.8, 4) is 11.1 Å².